The van der Waals surface area contributed by atoms with E-state index in [4.69, 9.17) is 0 Å². The van der Waals surface area contributed by atoms with Crippen molar-refractivity contribution in [2.24, 2.45) is 0 Å². The summed E-state index contributed by atoms with van der Waals surface area (Å²) in [7, 11) is -3.36. The number of sulfone groups is 1. The molecule has 2 aromatic rings. The monoisotopic (exact) mass is 438 g/mol. The Bertz CT molecular complexity index is 1110. The molecule has 0 bridgehead atoms. The third kappa shape index (κ3) is 3.66. The number of carbonyl (C=O) groups is 1. The van der Waals surface area contributed by atoms with Crippen LogP contribution in [0.3, 0.4) is 0 Å². The first-order valence-corrected chi connectivity index (χ1v) is 11.3. The number of halogens is 3. The van der Waals surface area contributed by atoms with Gasteiger partial charge in [-0.1, -0.05) is 24.3 Å². The number of nitrogens with zero attached hydrogens (tertiary/aromatic N) is 2. The second kappa shape index (κ2) is 7.01. The summed E-state index contributed by atoms with van der Waals surface area (Å²) in [5, 5.41) is 0. The number of benzene rings is 2. The fourth-order valence-electron chi connectivity index (χ4n) is 4.27. The fourth-order valence-corrected chi connectivity index (χ4v) is 6.22. The van der Waals surface area contributed by atoms with Crippen LogP contribution in [0.5, 0.6) is 0 Å². The number of anilines is 1. The van der Waals surface area contributed by atoms with E-state index >= 15 is 0 Å². The molecule has 0 saturated carbocycles. The van der Waals surface area contributed by atoms with Gasteiger partial charge in [0.05, 0.1) is 29.2 Å². The predicted molar refractivity (Wildman–Crippen MR) is 107 cm³/mol. The maximum atomic E-state index is 13.3. The maximum absolute atomic E-state index is 13.3. The zero-order chi connectivity index (χ0) is 21.8. The number of aryl methyl sites for hydroxylation is 2. The highest BCUT2D eigenvalue weighted by Gasteiger charge is 2.54. The number of carbonyl (C=O) groups excluding carboxylic acids is 1. The lowest BCUT2D eigenvalue weighted by Crippen LogP contribution is -2.38. The topological polar surface area (TPSA) is 57.7 Å². The van der Waals surface area contributed by atoms with Crippen LogP contribution in [-0.2, 0) is 22.6 Å². The molecule has 4 rings (SSSR count). The fraction of sp³-hybridized carbons (Fsp3) is 0.381. The van der Waals surface area contributed by atoms with Crippen LogP contribution >= 0.6 is 0 Å². The van der Waals surface area contributed by atoms with Crippen LogP contribution in [0.2, 0.25) is 0 Å². The predicted octanol–water partition coefficient (Wildman–Crippen LogP) is 3.93. The Hall–Kier alpha value is -2.55. The first-order valence-electron chi connectivity index (χ1n) is 9.50. The van der Waals surface area contributed by atoms with Gasteiger partial charge in [0.1, 0.15) is 0 Å². The lowest BCUT2D eigenvalue weighted by Gasteiger charge is -2.24. The first-order chi connectivity index (χ1) is 14.0. The average molecular weight is 438 g/mol. The molecule has 2 amide bonds. The van der Waals surface area contributed by atoms with Gasteiger partial charge in [-0.15, -0.1) is 0 Å². The average Bonchev–Trinajstić information content (AvgIpc) is 3.08. The number of urea groups is 1. The molecule has 0 aliphatic carbocycles. The minimum Gasteiger partial charge on any atom is -0.314 e. The number of fused-ring (bicyclic) bond motifs is 1. The summed E-state index contributed by atoms with van der Waals surface area (Å²) in [6.07, 6.45) is -4.49. The molecule has 0 unspecified atom stereocenters. The maximum Gasteiger partial charge on any atom is 0.416 e. The molecule has 0 N–H and O–H groups in total. The summed E-state index contributed by atoms with van der Waals surface area (Å²) >= 11 is 0. The third-order valence-corrected chi connectivity index (χ3v) is 7.41. The highest BCUT2D eigenvalue weighted by Crippen LogP contribution is 2.38. The SMILES string of the molecule is Cc1ccc(C)c(N2C(=O)N(Cc3cccc(C(F)(F)F)c3)[C@@H]3CS(=O)(=O)C[C@H]32)c1. The van der Waals surface area contributed by atoms with Gasteiger partial charge in [0.25, 0.3) is 0 Å². The van der Waals surface area contributed by atoms with Crippen LogP contribution in [0.15, 0.2) is 42.5 Å². The molecule has 5 nitrogen and oxygen atoms in total. The summed E-state index contributed by atoms with van der Waals surface area (Å²) in [6, 6.07) is 8.85. The third-order valence-electron chi connectivity index (χ3n) is 5.71. The van der Waals surface area contributed by atoms with Gasteiger partial charge in [-0.05, 0) is 48.7 Å². The first kappa shape index (κ1) is 20.7. The summed E-state index contributed by atoms with van der Waals surface area (Å²) < 4.78 is 63.9. The van der Waals surface area contributed by atoms with Crippen LogP contribution in [0, 0.1) is 13.8 Å². The largest absolute Gasteiger partial charge is 0.416 e. The number of rotatable bonds is 3. The van der Waals surface area contributed by atoms with E-state index in [9.17, 15) is 26.4 Å². The van der Waals surface area contributed by atoms with Crippen LogP contribution in [0.4, 0.5) is 23.7 Å². The normalized spacial score (nSPS) is 23.2. The Morgan fingerprint density at radius 3 is 2.43 bits per heavy atom. The molecule has 2 aliphatic rings. The van der Waals surface area contributed by atoms with Crippen molar-refractivity contribution >= 4 is 21.6 Å². The molecular formula is C21H21F3N2O3S. The van der Waals surface area contributed by atoms with Gasteiger partial charge in [-0.2, -0.15) is 13.2 Å². The molecule has 9 heteroatoms. The van der Waals surface area contributed by atoms with E-state index in [1.807, 2.05) is 32.0 Å². The number of hydrogen-bond donors (Lipinski definition) is 0. The van der Waals surface area contributed by atoms with E-state index in [0.29, 0.717) is 11.3 Å². The van der Waals surface area contributed by atoms with Gasteiger partial charge in [0.2, 0.25) is 0 Å². The quantitative estimate of drug-likeness (QED) is 0.683. The molecule has 30 heavy (non-hydrogen) atoms. The second-order valence-corrected chi connectivity index (χ2v) is 10.1. The van der Waals surface area contributed by atoms with Crippen molar-refractivity contribution in [2.45, 2.75) is 38.7 Å². The second-order valence-electron chi connectivity index (χ2n) is 7.98. The smallest absolute Gasteiger partial charge is 0.314 e. The van der Waals surface area contributed by atoms with Crippen molar-refractivity contribution in [1.29, 1.82) is 0 Å². The van der Waals surface area contributed by atoms with E-state index in [0.717, 1.165) is 23.3 Å². The number of hydrogen-bond acceptors (Lipinski definition) is 3. The Kier molecular flexibility index (Phi) is 4.84. The van der Waals surface area contributed by atoms with Crippen molar-refractivity contribution in [3.63, 3.8) is 0 Å². The molecule has 0 radical (unpaired) electrons. The van der Waals surface area contributed by atoms with E-state index in [1.54, 1.807) is 0 Å². The molecule has 2 heterocycles. The Morgan fingerprint density at radius 1 is 1.03 bits per heavy atom. The van der Waals surface area contributed by atoms with Crippen molar-refractivity contribution in [3.05, 3.63) is 64.7 Å². The van der Waals surface area contributed by atoms with Crippen molar-refractivity contribution in [2.75, 3.05) is 16.4 Å². The van der Waals surface area contributed by atoms with Crippen LogP contribution < -0.4 is 4.90 Å². The van der Waals surface area contributed by atoms with Crippen LogP contribution in [-0.4, -0.2) is 42.9 Å². The Balaban J connectivity index is 1.72. The lowest BCUT2D eigenvalue weighted by molar-refractivity contribution is -0.137. The van der Waals surface area contributed by atoms with Crippen LogP contribution in [0.1, 0.15) is 22.3 Å². The van der Waals surface area contributed by atoms with Gasteiger partial charge in [-0.3, -0.25) is 4.90 Å². The number of amides is 2. The molecule has 2 saturated heterocycles. The summed E-state index contributed by atoms with van der Waals surface area (Å²) in [5.74, 6) is -0.348. The van der Waals surface area contributed by atoms with E-state index in [-0.39, 0.29) is 24.1 Å². The van der Waals surface area contributed by atoms with Crippen molar-refractivity contribution < 1.29 is 26.4 Å². The number of alkyl halides is 3. The van der Waals surface area contributed by atoms with E-state index in [1.165, 1.54) is 21.9 Å². The van der Waals surface area contributed by atoms with Gasteiger partial charge < -0.3 is 4.90 Å². The molecule has 2 fully saturated rings. The lowest BCUT2D eigenvalue weighted by atomic mass is 10.1. The molecule has 2 aromatic carbocycles. The van der Waals surface area contributed by atoms with Crippen LogP contribution in [0.25, 0.3) is 0 Å². The Morgan fingerprint density at radius 2 is 1.73 bits per heavy atom. The molecular weight excluding hydrogens is 417 g/mol. The van der Waals surface area contributed by atoms with Gasteiger partial charge in [-0.25, -0.2) is 13.2 Å². The summed E-state index contributed by atoms with van der Waals surface area (Å²) in [6.45, 7) is 3.64. The highest BCUT2D eigenvalue weighted by atomic mass is 32.2. The zero-order valence-corrected chi connectivity index (χ0v) is 17.3. The van der Waals surface area contributed by atoms with E-state index < -0.39 is 33.7 Å². The van der Waals surface area contributed by atoms with Gasteiger partial charge in [0, 0.05) is 12.2 Å². The zero-order valence-electron chi connectivity index (χ0n) is 16.5. The summed E-state index contributed by atoms with van der Waals surface area (Å²) in [4.78, 5) is 16.2. The molecule has 2 atom stereocenters. The van der Waals surface area contributed by atoms with Gasteiger partial charge >= 0.3 is 12.2 Å². The molecule has 0 aromatic heterocycles. The highest BCUT2D eigenvalue weighted by molar-refractivity contribution is 7.91. The standard InChI is InChI=1S/C21H21F3N2O3S/c1-13-6-7-14(2)17(8-13)26-19-12-30(28,29)11-18(19)25(20(26)27)10-15-4-3-5-16(9-15)21(22,23)24/h3-9,18-19H,10-12H2,1-2H3/t18-,19-/m1/s1. The van der Waals surface area contributed by atoms with Gasteiger partial charge in [0.15, 0.2) is 9.84 Å². The van der Waals surface area contributed by atoms with E-state index in [2.05, 4.69) is 0 Å². The van der Waals surface area contributed by atoms with Crippen molar-refractivity contribution in [1.82, 2.24) is 4.90 Å². The molecule has 2 aliphatic heterocycles. The minimum absolute atomic E-state index is 0.0825. The minimum atomic E-state index is -4.49. The molecule has 0 spiro atoms. The Labute approximate surface area is 173 Å². The summed E-state index contributed by atoms with van der Waals surface area (Å²) in [5.41, 5.74) is 1.91. The van der Waals surface area contributed by atoms with Crippen molar-refractivity contribution in [3.8, 4) is 0 Å². The molecule has 160 valence electrons.